The Morgan fingerprint density at radius 2 is 1.76 bits per heavy atom. The molecule has 1 N–H and O–H groups in total. The quantitative estimate of drug-likeness (QED) is 0.847. The third-order valence-electron chi connectivity index (χ3n) is 6.36. The molecular weight excluding hydrogens is 332 g/mol. The molecule has 3 atom stereocenters. The first kappa shape index (κ1) is 17.4. The maximum atomic E-state index is 13.2. The second-order valence-corrected chi connectivity index (χ2v) is 8.62. The lowest BCUT2D eigenvalue weighted by Gasteiger charge is -2.34. The molecule has 136 valence electrons. The summed E-state index contributed by atoms with van der Waals surface area (Å²) in [7, 11) is 0. The number of halogens is 1. The number of amides is 1. The summed E-state index contributed by atoms with van der Waals surface area (Å²) in [5.74, 6) is 0.938. The Hall–Kier alpha value is -1.06. The van der Waals surface area contributed by atoms with Crippen molar-refractivity contribution in [2.45, 2.75) is 75.9 Å². The van der Waals surface area contributed by atoms with Crippen molar-refractivity contribution in [1.29, 1.82) is 0 Å². The summed E-state index contributed by atoms with van der Waals surface area (Å²) in [5, 5.41) is 4.45. The predicted octanol–water partition coefficient (Wildman–Crippen LogP) is 4.70. The highest BCUT2D eigenvalue weighted by atomic mass is 35.5. The van der Waals surface area contributed by atoms with E-state index in [0.717, 1.165) is 30.8 Å². The number of hydrogen-bond donors (Lipinski definition) is 1. The first-order chi connectivity index (χ1) is 12.2. The molecule has 3 heterocycles. The Morgan fingerprint density at radius 3 is 2.48 bits per heavy atom. The number of carbonyl (C=O) groups excluding carboxylic acids is 1. The second kappa shape index (κ2) is 7.67. The van der Waals surface area contributed by atoms with E-state index in [1.165, 1.54) is 44.1 Å². The van der Waals surface area contributed by atoms with Crippen molar-refractivity contribution < 1.29 is 4.79 Å². The van der Waals surface area contributed by atoms with Gasteiger partial charge in [-0.2, -0.15) is 0 Å². The molecule has 3 unspecified atom stereocenters. The third-order valence-corrected chi connectivity index (χ3v) is 6.61. The van der Waals surface area contributed by atoms with E-state index < -0.39 is 0 Å². The van der Waals surface area contributed by atoms with Gasteiger partial charge in [-0.15, -0.1) is 0 Å². The van der Waals surface area contributed by atoms with Gasteiger partial charge in [0, 0.05) is 30.1 Å². The number of nitrogens with zero attached hydrogens (tertiary/aromatic N) is 1. The molecule has 0 radical (unpaired) electrons. The first-order valence-electron chi connectivity index (χ1n) is 10.00. The Bertz CT molecular complexity index is 590. The van der Waals surface area contributed by atoms with Gasteiger partial charge in [-0.05, 0) is 62.1 Å². The van der Waals surface area contributed by atoms with Gasteiger partial charge in [-0.3, -0.25) is 4.79 Å². The second-order valence-electron chi connectivity index (χ2n) is 8.18. The van der Waals surface area contributed by atoms with Crippen molar-refractivity contribution in [3.63, 3.8) is 0 Å². The lowest BCUT2D eigenvalue weighted by Crippen LogP contribution is -2.41. The topological polar surface area (TPSA) is 32.3 Å². The van der Waals surface area contributed by atoms with E-state index in [1.54, 1.807) is 0 Å². The van der Waals surface area contributed by atoms with Crippen LogP contribution in [-0.2, 0) is 4.79 Å². The highest BCUT2D eigenvalue weighted by Gasteiger charge is 2.36. The third kappa shape index (κ3) is 4.03. The molecule has 25 heavy (non-hydrogen) atoms. The molecule has 0 aliphatic carbocycles. The zero-order valence-electron chi connectivity index (χ0n) is 14.9. The maximum Gasteiger partial charge on any atom is 0.223 e. The predicted molar refractivity (Wildman–Crippen MR) is 102 cm³/mol. The summed E-state index contributed by atoms with van der Waals surface area (Å²) in [5.41, 5.74) is 1.24. The zero-order chi connectivity index (χ0) is 17.2. The zero-order valence-corrected chi connectivity index (χ0v) is 15.7. The Kier molecular flexibility index (Phi) is 5.33. The summed E-state index contributed by atoms with van der Waals surface area (Å²) in [6.07, 6.45) is 10.3. The van der Waals surface area contributed by atoms with Crippen LogP contribution in [0.4, 0.5) is 0 Å². The van der Waals surface area contributed by atoms with Gasteiger partial charge in [-0.1, -0.05) is 36.6 Å². The maximum absolute atomic E-state index is 13.2. The number of benzene rings is 1. The van der Waals surface area contributed by atoms with Crippen LogP contribution in [-0.4, -0.2) is 29.4 Å². The van der Waals surface area contributed by atoms with Gasteiger partial charge in [0.25, 0.3) is 0 Å². The van der Waals surface area contributed by atoms with E-state index >= 15 is 0 Å². The van der Waals surface area contributed by atoms with Gasteiger partial charge in [-0.25, -0.2) is 0 Å². The van der Waals surface area contributed by atoms with Crippen molar-refractivity contribution in [2.24, 2.45) is 5.92 Å². The largest absolute Gasteiger partial charge is 0.336 e. The number of piperidine rings is 1. The van der Waals surface area contributed by atoms with E-state index in [2.05, 4.69) is 22.3 Å². The Morgan fingerprint density at radius 1 is 1.04 bits per heavy atom. The number of nitrogens with one attached hydrogen (secondary N) is 1. The first-order valence-corrected chi connectivity index (χ1v) is 10.4. The van der Waals surface area contributed by atoms with Gasteiger partial charge in [0.05, 0.1) is 6.04 Å². The molecule has 4 heteroatoms. The van der Waals surface area contributed by atoms with Crippen molar-refractivity contribution in [1.82, 2.24) is 10.2 Å². The average Bonchev–Trinajstić information content (AvgIpc) is 2.82. The number of rotatable bonds is 3. The van der Waals surface area contributed by atoms with E-state index in [4.69, 9.17) is 11.6 Å². The van der Waals surface area contributed by atoms with Crippen molar-refractivity contribution in [2.75, 3.05) is 6.54 Å². The molecular formula is C21H29ClN2O. The van der Waals surface area contributed by atoms with Crippen LogP contribution in [0.5, 0.6) is 0 Å². The number of likely N-dealkylation sites (tertiary alicyclic amines) is 1. The summed E-state index contributed by atoms with van der Waals surface area (Å²) >= 11 is 6.06. The van der Waals surface area contributed by atoms with Crippen LogP contribution in [0, 0.1) is 5.92 Å². The summed E-state index contributed by atoms with van der Waals surface area (Å²) in [6, 6.07) is 9.66. The number of hydrogen-bond acceptors (Lipinski definition) is 2. The van der Waals surface area contributed by atoms with Crippen molar-refractivity contribution in [3.05, 3.63) is 34.9 Å². The number of fused-ring (bicyclic) bond motifs is 2. The highest BCUT2D eigenvalue weighted by Crippen LogP contribution is 2.35. The fourth-order valence-corrected chi connectivity index (χ4v) is 5.27. The molecule has 3 fully saturated rings. The average molecular weight is 361 g/mol. The molecule has 3 saturated heterocycles. The van der Waals surface area contributed by atoms with E-state index in [1.807, 2.05) is 12.1 Å². The SMILES string of the molecule is O=C(CC1CC2CCC(C1)N2)N1CCCCCC1c1ccc(Cl)cc1. The smallest absolute Gasteiger partial charge is 0.223 e. The van der Waals surface area contributed by atoms with Gasteiger partial charge < -0.3 is 10.2 Å². The molecule has 3 nitrogen and oxygen atoms in total. The molecule has 1 aromatic rings. The molecule has 3 aliphatic heterocycles. The molecule has 3 aliphatic rings. The van der Waals surface area contributed by atoms with Gasteiger partial charge in [0.1, 0.15) is 0 Å². The Balaban J connectivity index is 1.46. The van der Waals surface area contributed by atoms with Gasteiger partial charge >= 0.3 is 0 Å². The van der Waals surface area contributed by atoms with Crippen molar-refractivity contribution in [3.8, 4) is 0 Å². The summed E-state index contributed by atoms with van der Waals surface area (Å²) in [6.45, 7) is 0.907. The van der Waals surface area contributed by atoms with Crippen LogP contribution in [0.15, 0.2) is 24.3 Å². The van der Waals surface area contributed by atoms with E-state index in [9.17, 15) is 4.79 Å². The molecule has 0 saturated carbocycles. The number of carbonyl (C=O) groups is 1. The van der Waals surface area contributed by atoms with E-state index in [0.29, 0.717) is 23.9 Å². The lowest BCUT2D eigenvalue weighted by atomic mass is 9.89. The van der Waals surface area contributed by atoms with Crippen LogP contribution in [0.25, 0.3) is 0 Å². The van der Waals surface area contributed by atoms with Crippen LogP contribution in [0.2, 0.25) is 5.02 Å². The van der Waals surface area contributed by atoms with E-state index in [-0.39, 0.29) is 6.04 Å². The van der Waals surface area contributed by atoms with Crippen LogP contribution < -0.4 is 5.32 Å². The van der Waals surface area contributed by atoms with Crippen molar-refractivity contribution >= 4 is 17.5 Å². The van der Waals surface area contributed by atoms with Gasteiger partial charge in [0.2, 0.25) is 5.91 Å². The minimum absolute atomic E-state index is 0.228. The summed E-state index contributed by atoms with van der Waals surface area (Å²) in [4.78, 5) is 15.4. The normalized spacial score (nSPS) is 32.4. The summed E-state index contributed by atoms with van der Waals surface area (Å²) < 4.78 is 0. The molecule has 1 aromatic carbocycles. The van der Waals surface area contributed by atoms with Gasteiger partial charge in [0.15, 0.2) is 0 Å². The van der Waals surface area contributed by atoms with Crippen LogP contribution in [0.1, 0.15) is 69.4 Å². The minimum Gasteiger partial charge on any atom is -0.336 e. The lowest BCUT2D eigenvalue weighted by molar-refractivity contribution is -0.135. The molecule has 2 bridgehead atoms. The molecule has 1 amide bonds. The minimum atomic E-state index is 0.228. The fourth-order valence-electron chi connectivity index (χ4n) is 5.14. The Labute approximate surface area is 156 Å². The standard InChI is InChI=1S/C21H29ClN2O/c22-17-7-5-16(6-8-17)20-4-2-1-3-11-24(20)21(25)14-15-12-18-9-10-19(13-15)23-18/h5-8,15,18-20,23H,1-4,9-14H2. The highest BCUT2D eigenvalue weighted by molar-refractivity contribution is 6.30. The monoisotopic (exact) mass is 360 g/mol. The fraction of sp³-hybridized carbons (Fsp3) is 0.667. The van der Waals surface area contributed by atoms with Crippen LogP contribution >= 0.6 is 11.6 Å². The molecule has 4 rings (SSSR count). The van der Waals surface area contributed by atoms with Crippen LogP contribution in [0.3, 0.4) is 0 Å². The molecule has 0 spiro atoms. The molecule has 0 aromatic heterocycles.